The Kier molecular flexibility index (Phi) is 9.26. The van der Waals surface area contributed by atoms with Crippen LogP contribution >= 0.6 is 11.8 Å². The van der Waals surface area contributed by atoms with E-state index in [0.717, 1.165) is 16.0 Å². The van der Waals surface area contributed by atoms with Gasteiger partial charge in [-0.25, -0.2) is 4.90 Å². The van der Waals surface area contributed by atoms with E-state index in [1.807, 2.05) is 32.0 Å². The van der Waals surface area contributed by atoms with Crippen LogP contribution in [0.4, 0.5) is 11.4 Å². The molecule has 1 fully saturated rings. The maximum atomic E-state index is 13.4. The molecule has 4 aromatic rings. The molecule has 1 aliphatic rings. The summed E-state index contributed by atoms with van der Waals surface area (Å²) < 4.78 is 5.21. The van der Waals surface area contributed by atoms with Crippen LogP contribution in [0.1, 0.15) is 33.5 Å². The number of nitrogens with one attached hydrogen (secondary N) is 2. The number of rotatable bonds is 9. The molecule has 9 heteroatoms. The fraction of sp³-hybridized carbons (Fsp3) is 0.143. The molecule has 1 aliphatic heterocycles. The normalized spacial score (nSPS) is 14.8. The lowest BCUT2D eigenvalue weighted by Gasteiger charge is -2.19. The Morgan fingerprint density at radius 3 is 2.16 bits per heavy atom. The number of para-hydroxylation sites is 1. The van der Waals surface area contributed by atoms with E-state index in [1.165, 1.54) is 16.7 Å². The number of methoxy groups -OCH3 is 1. The Labute approximate surface area is 260 Å². The second kappa shape index (κ2) is 13.4. The molecule has 222 valence electrons. The van der Waals surface area contributed by atoms with Crippen molar-refractivity contribution in [1.82, 2.24) is 5.32 Å². The van der Waals surface area contributed by atoms with Crippen molar-refractivity contribution in [2.75, 3.05) is 17.3 Å². The zero-order chi connectivity index (χ0) is 31.2. The minimum absolute atomic E-state index is 0.0594. The van der Waals surface area contributed by atoms with Crippen LogP contribution in [0.3, 0.4) is 0 Å². The first-order valence-corrected chi connectivity index (χ1v) is 14.8. The van der Waals surface area contributed by atoms with E-state index in [1.54, 1.807) is 92.0 Å². The Bertz CT molecular complexity index is 1710. The maximum absolute atomic E-state index is 13.4. The first-order valence-electron chi connectivity index (χ1n) is 14.0. The van der Waals surface area contributed by atoms with Crippen LogP contribution in [0.15, 0.2) is 108 Å². The third-order valence-corrected chi connectivity index (χ3v) is 8.31. The molecule has 1 unspecified atom stereocenters. The quantitative estimate of drug-likeness (QED) is 0.175. The van der Waals surface area contributed by atoms with Crippen molar-refractivity contribution in [3.63, 3.8) is 0 Å². The second-order valence-corrected chi connectivity index (χ2v) is 11.5. The van der Waals surface area contributed by atoms with Crippen molar-refractivity contribution in [2.24, 2.45) is 0 Å². The van der Waals surface area contributed by atoms with E-state index >= 15 is 0 Å². The number of aryl methyl sites for hydroxylation is 2. The Morgan fingerprint density at radius 2 is 1.52 bits per heavy atom. The highest BCUT2D eigenvalue weighted by molar-refractivity contribution is 8.00. The van der Waals surface area contributed by atoms with Gasteiger partial charge in [0.15, 0.2) is 0 Å². The largest absolute Gasteiger partial charge is 0.497 e. The van der Waals surface area contributed by atoms with E-state index in [4.69, 9.17) is 4.74 Å². The Balaban J connectivity index is 1.29. The van der Waals surface area contributed by atoms with Crippen LogP contribution in [0.5, 0.6) is 5.75 Å². The smallest absolute Gasteiger partial charge is 0.272 e. The average Bonchev–Trinajstić information content (AvgIpc) is 3.30. The van der Waals surface area contributed by atoms with Crippen molar-refractivity contribution in [3.05, 3.63) is 125 Å². The molecular formula is C35H31N3O5S. The molecule has 0 bridgehead atoms. The standard InChI is InChI=1S/C35H31N3O5S/c1-22-8-7-9-23(2)32(22)38-31(39)21-30(35(38)42)44-28-18-14-26(15-19-28)36-34(41)29(20-24-12-16-27(43-3)17-13-24)37-33(40)25-10-5-4-6-11-25/h4-20,30H,21H2,1-3H3,(H,36,41)(H,37,40)/b29-20-. The van der Waals surface area contributed by atoms with Gasteiger partial charge in [0.2, 0.25) is 11.8 Å². The lowest BCUT2D eigenvalue weighted by atomic mass is 10.1. The van der Waals surface area contributed by atoms with Crippen molar-refractivity contribution in [3.8, 4) is 5.75 Å². The molecule has 0 radical (unpaired) electrons. The fourth-order valence-electron chi connectivity index (χ4n) is 4.88. The Hall–Kier alpha value is -5.15. The number of imide groups is 1. The summed E-state index contributed by atoms with van der Waals surface area (Å²) in [5.74, 6) is -0.717. The fourth-order valence-corrected chi connectivity index (χ4v) is 5.93. The van der Waals surface area contributed by atoms with Crippen molar-refractivity contribution in [1.29, 1.82) is 0 Å². The molecule has 44 heavy (non-hydrogen) atoms. The van der Waals surface area contributed by atoms with E-state index in [2.05, 4.69) is 10.6 Å². The zero-order valence-electron chi connectivity index (χ0n) is 24.5. The third-order valence-electron chi connectivity index (χ3n) is 7.11. The van der Waals surface area contributed by atoms with Crippen LogP contribution < -0.4 is 20.3 Å². The molecule has 1 saturated heterocycles. The predicted molar refractivity (Wildman–Crippen MR) is 173 cm³/mol. The number of carbonyl (C=O) groups is 4. The first-order chi connectivity index (χ1) is 21.2. The van der Waals surface area contributed by atoms with E-state index in [0.29, 0.717) is 28.3 Å². The van der Waals surface area contributed by atoms with Gasteiger partial charge in [0.1, 0.15) is 11.4 Å². The molecular weight excluding hydrogens is 574 g/mol. The highest BCUT2D eigenvalue weighted by atomic mass is 32.2. The lowest BCUT2D eigenvalue weighted by Crippen LogP contribution is -2.32. The van der Waals surface area contributed by atoms with Gasteiger partial charge in [0.25, 0.3) is 11.8 Å². The maximum Gasteiger partial charge on any atom is 0.272 e. The minimum atomic E-state index is -0.547. The van der Waals surface area contributed by atoms with Crippen LogP contribution in [0, 0.1) is 13.8 Å². The molecule has 0 aliphatic carbocycles. The van der Waals surface area contributed by atoms with Gasteiger partial charge in [0.05, 0.1) is 18.0 Å². The molecule has 1 heterocycles. The molecule has 1 atom stereocenters. The summed E-state index contributed by atoms with van der Waals surface area (Å²) in [6, 6.07) is 28.4. The number of carbonyl (C=O) groups excluding carboxylic acids is 4. The number of hydrogen-bond donors (Lipinski definition) is 2. The monoisotopic (exact) mass is 605 g/mol. The van der Waals surface area contributed by atoms with Crippen LogP contribution in [-0.2, 0) is 14.4 Å². The number of amides is 4. The second-order valence-electron chi connectivity index (χ2n) is 10.2. The van der Waals surface area contributed by atoms with Crippen molar-refractivity contribution in [2.45, 2.75) is 30.4 Å². The number of anilines is 2. The van der Waals surface area contributed by atoms with Gasteiger partial charge in [-0.2, -0.15) is 0 Å². The minimum Gasteiger partial charge on any atom is -0.497 e. The molecule has 8 nitrogen and oxygen atoms in total. The van der Waals surface area contributed by atoms with Gasteiger partial charge in [-0.1, -0.05) is 48.5 Å². The highest BCUT2D eigenvalue weighted by Crippen LogP contribution is 2.36. The number of nitrogens with zero attached hydrogens (tertiary/aromatic N) is 1. The van der Waals surface area contributed by atoms with E-state index in [-0.39, 0.29) is 23.9 Å². The zero-order valence-corrected chi connectivity index (χ0v) is 25.3. The molecule has 4 aromatic carbocycles. The predicted octanol–water partition coefficient (Wildman–Crippen LogP) is 6.15. The summed E-state index contributed by atoms with van der Waals surface area (Å²) in [7, 11) is 1.57. The number of hydrogen-bond acceptors (Lipinski definition) is 6. The summed E-state index contributed by atoms with van der Waals surface area (Å²) in [5.41, 5.74) is 4.07. The summed E-state index contributed by atoms with van der Waals surface area (Å²) >= 11 is 1.31. The Morgan fingerprint density at radius 1 is 0.864 bits per heavy atom. The van der Waals surface area contributed by atoms with Crippen molar-refractivity contribution >= 4 is 52.8 Å². The topological polar surface area (TPSA) is 105 Å². The summed E-state index contributed by atoms with van der Waals surface area (Å²) in [4.78, 5) is 54.5. The molecule has 5 rings (SSSR count). The molecule has 4 amide bonds. The van der Waals surface area contributed by atoms with Gasteiger partial charge >= 0.3 is 0 Å². The van der Waals surface area contributed by atoms with E-state index in [9.17, 15) is 19.2 Å². The molecule has 0 saturated carbocycles. The number of benzene rings is 4. The van der Waals surface area contributed by atoms with Crippen LogP contribution in [0.25, 0.3) is 6.08 Å². The van der Waals surface area contributed by atoms with Gasteiger partial charge in [-0.05, 0) is 85.1 Å². The van der Waals surface area contributed by atoms with Gasteiger partial charge < -0.3 is 15.4 Å². The van der Waals surface area contributed by atoms with Gasteiger partial charge in [0, 0.05) is 22.6 Å². The average molecular weight is 606 g/mol. The lowest BCUT2D eigenvalue weighted by molar-refractivity contribution is -0.121. The third kappa shape index (κ3) is 6.90. The summed E-state index contributed by atoms with van der Waals surface area (Å²) in [6.45, 7) is 3.78. The van der Waals surface area contributed by atoms with Gasteiger partial charge in [-0.3, -0.25) is 19.2 Å². The summed E-state index contributed by atoms with van der Waals surface area (Å²) in [5, 5.41) is 5.01. The van der Waals surface area contributed by atoms with Crippen LogP contribution in [0.2, 0.25) is 0 Å². The first kappa shape index (κ1) is 30.3. The summed E-state index contributed by atoms with van der Waals surface area (Å²) in [6.07, 6.45) is 1.70. The van der Waals surface area contributed by atoms with Crippen molar-refractivity contribution < 1.29 is 23.9 Å². The number of thioether (sulfide) groups is 1. The SMILES string of the molecule is COc1ccc(/C=C(\NC(=O)c2ccccc2)C(=O)Nc2ccc(SC3CC(=O)N(c4c(C)cccc4C)C3=O)cc2)cc1. The number of ether oxygens (including phenoxy) is 1. The molecule has 2 N–H and O–H groups in total. The van der Waals surface area contributed by atoms with Gasteiger partial charge in [-0.15, -0.1) is 11.8 Å². The van der Waals surface area contributed by atoms with E-state index < -0.39 is 17.1 Å². The highest BCUT2D eigenvalue weighted by Gasteiger charge is 2.41. The molecule has 0 aromatic heterocycles. The van der Waals surface area contributed by atoms with Crippen LogP contribution in [-0.4, -0.2) is 36.0 Å². The molecule has 0 spiro atoms.